The summed E-state index contributed by atoms with van der Waals surface area (Å²) in [5.74, 6) is -0.279. The lowest BCUT2D eigenvalue weighted by Gasteiger charge is -2.45. The molecule has 3 N–H and O–H groups in total. The van der Waals surface area contributed by atoms with Crippen molar-refractivity contribution in [2.24, 2.45) is 11.7 Å². The normalized spacial score (nSPS) is 28.0. The molecule has 0 unspecified atom stereocenters. The first-order valence-electron chi connectivity index (χ1n) is 7.55. The molecule has 5 nitrogen and oxygen atoms in total. The second-order valence-electron chi connectivity index (χ2n) is 5.83. The van der Waals surface area contributed by atoms with Crippen LogP contribution in [0.1, 0.15) is 31.5 Å². The van der Waals surface area contributed by atoms with Crippen LogP contribution in [-0.2, 0) is 21.5 Å². The second-order valence-corrected chi connectivity index (χ2v) is 5.83. The first kappa shape index (κ1) is 14.8. The monoisotopic (exact) mass is 300 g/mol. The number of esters is 1. The van der Waals surface area contributed by atoms with Gasteiger partial charge in [-0.25, -0.2) is 4.79 Å². The number of pyridine rings is 1. The van der Waals surface area contributed by atoms with Crippen molar-refractivity contribution >= 4 is 5.97 Å². The summed E-state index contributed by atoms with van der Waals surface area (Å²) in [5, 5.41) is 0. The Labute approximate surface area is 128 Å². The van der Waals surface area contributed by atoms with Gasteiger partial charge in [-0.15, -0.1) is 0 Å². The zero-order chi connectivity index (χ0) is 15.9. The number of allylic oxidation sites excluding steroid dienone is 2. The molecule has 1 heterocycles. The van der Waals surface area contributed by atoms with Crippen LogP contribution in [0.4, 0.5) is 0 Å². The summed E-state index contributed by atoms with van der Waals surface area (Å²) in [6, 6.07) is 3.27. The number of rotatable bonds is 2. The fourth-order valence-electron chi connectivity index (χ4n) is 3.70. The number of carbonyl (C=O) groups excluding carboxylic acids is 1. The number of fused-ring (bicyclic) bond motifs is 4. The van der Waals surface area contributed by atoms with Crippen LogP contribution >= 0.6 is 0 Å². The van der Waals surface area contributed by atoms with E-state index in [0.29, 0.717) is 25.0 Å². The largest absolute Gasteiger partial charge is 0.463 e. The maximum atomic E-state index is 12.1. The molecule has 0 fully saturated rings. The van der Waals surface area contributed by atoms with Gasteiger partial charge in [0.15, 0.2) is 0 Å². The first-order valence-corrected chi connectivity index (χ1v) is 7.55. The lowest BCUT2D eigenvalue weighted by Crippen LogP contribution is -2.49. The lowest BCUT2D eigenvalue weighted by atomic mass is 9.63. The molecule has 0 saturated heterocycles. The molecular weight excluding hydrogens is 280 g/mol. The van der Waals surface area contributed by atoms with Crippen molar-refractivity contribution in [3.05, 3.63) is 57.0 Å². The molecule has 0 radical (unpaired) electrons. The van der Waals surface area contributed by atoms with Crippen LogP contribution in [0.3, 0.4) is 0 Å². The van der Waals surface area contributed by atoms with Gasteiger partial charge >= 0.3 is 5.97 Å². The van der Waals surface area contributed by atoms with Gasteiger partial charge in [-0.05, 0) is 37.5 Å². The standard InChI is InChI=1S/C17H20N2O3/c1-3-12-10-7-11(16(21)22-4-2)9-17(12,18)13-5-6-15(20)19-14(13)8-10/h3,5-7,10H,4,8-9,18H2,1-2H3,(H,19,20)/t10-,17+/m0/s1. The highest BCUT2D eigenvalue weighted by Gasteiger charge is 2.45. The van der Waals surface area contributed by atoms with Crippen molar-refractivity contribution < 1.29 is 9.53 Å². The maximum Gasteiger partial charge on any atom is 0.333 e. The van der Waals surface area contributed by atoms with E-state index in [-0.39, 0.29) is 17.4 Å². The van der Waals surface area contributed by atoms with Gasteiger partial charge in [0.25, 0.3) is 0 Å². The van der Waals surface area contributed by atoms with E-state index in [4.69, 9.17) is 10.5 Å². The predicted octanol–water partition coefficient (Wildman–Crippen LogP) is 1.54. The summed E-state index contributed by atoms with van der Waals surface area (Å²) >= 11 is 0. The second kappa shape index (κ2) is 5.25. The Hall–Kier alpha value is -2.14. The highest BCUT2D eigenvalue weighted by Crippen LogP contribution is 2.47. The van der Waals surface area contributed by atoms with Crippen molar-refractivity contribution in [3.8, 4) is 0 Å². The number of hydrogen-bond acceptors (Lipinski definition) is 4. The van der Waals surface area contributed by atoms with E-state index in [0.717, 1.165) is 16.8 Å². The molecule has 0 aliphatic heterocycles. The van der Waals surface area contributed by atoms with Gasteiger partial charge < -0.3 is 15.5 Å². The van der Waals surface area contributed by atoms with Crippen molar-refractivity contribution in [2.75, 3.05) is 6.61 Å². The summed E-state index contributed by atoms with van der Waals surface area (Å²) in [5.41, 5.74) is 9.30. The lowest BCUT2D eigenvalue weighted by molar-refractivity contribution is -0.139. The zero-order valence-electron chi connectivity index (χ0n) is 12.8. The average molecular weight is 300 g/mol. The molecule has 2 bridgehead atoms. The van der Waals surface area contributed by atoms with Crippen molar-refractivity contribution in [2.45, 2.75) is 32.2 Å². The predicted molar refractivity (Wildman–Crippen MR) is 83.2 cm³/mol. The van der Waals surface area contributed by atoms with E-state index in [1.54, 1.807) is 13.0 Å². The molecule has 5 heteroatoms. The van der Waals surface area contributed by atoms with Crippen LogP contribution in [0.15, 0.2) is 40.2 Å². The minimum atomic E-state index is -0.756. The molecular formula is C17H20N2O3. The molecule has 1 aromatic rings. The number of nitrogens with one attached hydrogen (secondary N) is 1. The molecule has 1 aromatic heterocycles. The molecule has 22 heavy (non-hydrogen) atoms. The van der Waals surface area contributed by atoms with Gasteiger partial charge in [0.05, 0.1) is 12.1 Å². The van der Waals surface area contributed by atoms with E-state index in [1.807, 2.05) is 19.1 Å². The smallest absolute Gasteiger partial charge is 0.333 e. The van der Waals surface area contributed by atoms with Crippen LogP contribution in [0, 0.1) is 5.92 Å². The van der Waals surface area contributed by atoms with Crippen molar-refractivity contribution in [1.29, 1.82) is 0 Å². The minimum absolute atomic E-state index is 0.0220. The number of carbonyl (C=O) groups is 1. The Kier molecular flexibility index (Phi) is 3.53. The number of aromatic nitrogens is 1. The Morgan fingerprint density at radius 2 is 2.32 bits per heavy atom. The number of ether oxygens (including phenoxy) is 1. The summed E-state index contributed by atoms with van der Waals surface area (Å²) < 4.78 is 5.13. The Morgan fingerprint density at radius 1 is 1.55 bits per heavy atom. The Bertz CT molecular complexity index is 745. The van der Waals surface area contributed by atoms with E-state index >= 15 is 0 Å². The van der Waals surface area contributed by atoms with Crippen molar-refractivity contribution in [1.82, 2.24) is 4.98 Å². The van der Waals surface area contributed by atoms with Gasteiger partial charge in [0.2, 0.25) is 5.56 Å². The number of hydrogen-bond donors (Lipinski definition) is 2. The molecule has 0 spiro atoms. The molecule has 2 atom stereocenters. The van der Waals surface area contributed by atoms with Gasteiger partial charge in [-0.3, -0.25) is 4.79 Å². The zero-order valence-corrected chi connectivity index (χ0v) is 12.8. The van der Waals surface area contributed by atoms with Gasteiger partial charge in [0, 0.05) is 29.7 Å². The van der Waals surface area contributed by atoms with Crippen molar-refractivity contribution in [3.63, 3.8) is 0 Å². The Morgan fingerprint density at radius 3 is 3.00 bits per heavy atom. The molecule has 0 amide bonds. The van der Waals surface area contributed by atoms with Crippen LogP contribution in [0.2, 0.25) is 0 Å². The highest BCUT2D eigenvalue weighted by molar-refractivity contribution is 5.89. The number of aromatic amines is 1. The fraction of sp³-hybridized carbons (Fsp3) is 0.412. The molecule has 116 valence electrons. The third-order valence-corrected chi connectivity index (χ3v) is 4.54. The maximum absolute atomic E-state index is 12.1. The molecule has 2 aliphatic rings. The van der Waals surface area contributed by atoms with Crippen LogP contribution in [0.25, 0.3) is 0 Å². The van der Waals surface area contributed by atoms with Gasteiger partial charge in [0.1, 0.15) is 0 Å². The van der Waals surface area contributed by atoms with Gasteiger partial charge in [-0.1, -0.05) is 12.2 Å². The van der Waals surface area contributed by atoms with E-state index in [9.17, 15) is 9.59 Å². The average Bonchev–Trinajstić information content (AvgIpc) is 2.46. The molecule has 3 rings (SSSR count). The van der Waals surface area contributed by atoms with E-state index in [1.165, 1.54) is 6.07 Å². The number of H-pyrrole nitrogens is 1. The van der Waals surface area contributed by atoms with Gasteiger partial charge in [-0.2, -0.15) is 0 Å². The highest BCUT2D eigenvalue weighted by atomic mass is 16.5. The summed E-state index contributed by atoms with van der Waals surface area (Å²) in [4.78, 5) is 26.6. The van der Waals surface area contributed by atoms with Crippen LogP contribution < -0.4 is 11.3 Å². The third kappa shape index (κ3) is 2.13. The number of nitrogens with two attached hydrogens (primary N) is 1. The van der Waals surface area contributed by atoms with E-state index in [2.05, 4.69) is 4.98 Å². The Balaban J connectivity index is 2.13. The van der Waals surface area contributed by atoms with Crippen LogP contribution in [0.5, 0.6) is 0 Å². The quantitative estimate of drug-likeness (QED) is 0.641. The molecule has 0 aromatic carbocycles. The molecule has 2 aliphatic carbocycles. The SMILES string of the molecule is CC=C1[C@H]2C=C(C(=O)OCC)C[C@]1(N)c1ccc(=O)[nH]c1C2. The topological polar surface area (TPSA) is 85.2 Å². The van der Waals surface area contributed by atoms with E-state index < -0.39 is 5.54 Å². The first-order chi connectivity index (χ1) is 10.5. The molecule has 0 saturated carbocycles. The van der Waals surface area contributed by atoms with Crippen LogP contribution in [-0.4, -0.2) is 17.6 Å². The summed E-state index contributed by atoms with van der Waals surface area (Å²) in [6.45, 7) is 4.10. The fourth-order valence-corrected chi connectivity index (χ4v) is 3.70. The summed E-state index contributed by atoms with van der Waals surface area (Å²) in [6.07, 6.45) is 5.00. The third-order valence-electron chi connectivity index (χ3n) is 4.54. The summed E-state index contributed by atoms with van der Waals surface area (Å²) in [7, 11) is 0. The minimum Gasteiger partial charge on any atom is -0.463 e.